The number of nitrogens with zero attached hydrogens (tertiary/aromatic N) is 7. The molecule has 7 rings (SSSR count). The van der Waals surface area contributed by atoms with Crippen molar-refractivity contribution < 1.29 is 0 Å². The fourth-order valence-electron chi connectivity index (χ4n) is 6.68. The standard InChI is InChI=1S/C31H36ClN9/c1-2-39-13-15-40(16-14-39)22-8-10-23(11-9-22)41-31-28(30(33)34-19-35-31)29(38-41)21-7-12-25-26(17-21)37-27(36-25)18-20-5-3-4-6-24(20)32/h3-7,12,17,19,22-23H,2,8-11,13-16,18H2,1H3,(H,36,37)(H2,33,34,35). The van der Waals surface area contributed by atoms with E-state index in [1.807, 2.05) is 30.3 Å². The second-order valence-corrected chi connectivity index (χ2v) is 11.8. The summed E-state index contributed by atoms with van der Waals surface area (Å²) in [5, 5.41) is 6.72. The van der Waals surface area contributed by atoms with Gasteiger partial charge in [0.15, 0.2) is 5.65 Å². The van der Waals surface area contributed by atoms with Crippen LogP contribution in [0.15, 0.2) is 48.8 Å². The van der Waals surface area contributed by atoms with Crippen LogP contribution in [0.1, 0.15) is 50.0 Å². The van der Waals surface area contributed by atoms with Crippen molar-refractivity contribution in [2.45, 2.75) is 51.1 Å². The molecule has 0 bridgehead atoms. The second kappa shape index (κ2) is 11.0. The maximum Gasteiger partial charge on any atom is 0.164 e. The van der Waals surface area contributed by atoms with Crippen LogP contribution in [0.25, 0.3) is 33.3 Å². The minimum Gasteiger partial charge on any atom is -0.383 e. The number of nitrogens with two attached hydrogens (primary N) is 1. The highest BCUT2D eigenvalue weighted by Crippen LogP contribution is 2.37. The van der Waals surface area contributed by atoms with Crippen LogP contribution in [-0.2, 0) is 6.42 Å². The fourth-order valence-corrected chi connectivity index (χ4v) is 6.88. The number of benzene rings is 2. The Bertz CT molecular complexity index is 1680. The number of H-pyrrole nitrogens is 1. The van der Waals surface area contributed by atoms with Crippen LogP contribution < -0.4 is 5.73 Å². The molecule has 2 aromatic carbocycles. The normalized spacial score (nSPS) is 20.7. The van der Waals surface area contributed by atoms with E-state index in [-0.39, 0.29) is 0 Å². The Balaban J connectivity index is 1.15. The van der Waals surface area contributed by atoms with Crippen molar-refractivity contribution >= 4 is 39.5 Å². The van der Waals surface area contributed by atoms with Gasteiger partial charge in [-0.15, -0.1) is 0 Å². The number of halogens is 1. The van der Waals surface area contributed by atoms with Gasteiger partial charge in [0.2, 0.25) is 0 Å². The van der Waals surface area contributed by atoms with E-state index in [2.05, 4.69) is 48.5 Å². The maximum absolute atomic E-state index is 6.45. The Morgan fingerprint density at radius 1 is 0.976 bits per heavy atom. The number of nitrogen functional groups attached to an aromatic ring is 1. The van der Waals surface area contributed by atoms with Gasteiger partial charge in [-0.3, -0.25) is 4.90 Å². The van der Waals surface area contributed by atoms with Gasteiger partial charge < -0.3 is 15.6 Å². The van der Waals surface area contributed by atoms with Crippen molar-refractivity contribution in [1.82, 2.24) is 39.5 Å². The van der Waals surface area contributed by atoms with Gasteiger partial charge in [0, 0.05) is 49.2 Å². The van der Waals surface area contributed by atoms with E-state index in [1.165, 1.54) is 39.0 Å². The van der Waals surface area contributed by atoms with Crippen LogP contribution in [0.3, 0.4) is 0 Å². The molecule has 1 aliphatic heterocycles. The summed E-state index contributed by atoms with van der Waals surface area (Å²) in [6.07, 6.45) is 6.73. The Hall–Kier alpha value is -3.53. The van der Waals surface area contributed by atoms with Crippen LogP contribution in [0.2, 0.25) is 5.02 Å². The summed E-state index contributed by atoms with van der Waals surface area (Å²) in [5.41, 5.74) is 12.0. The number of hydrogen-bond acceptors (Lipinski definition) is 7. The van der Waals surface area contributed by atoms with E-state index < -0.39 is 0 Å². The number of piperazine rings is 1. The van der Waals surface area contributed by atoms with Gasteiger partial charge in [0.1, 0.15) is 23.7 Å². The lowest BCUT2D eigenvalue weighted by molar-refractivity contribution is 0.0732. The molecule has 9 nitrogen and oxygen atoms in total. The van der Waals surface area contributed by atoms with Crippen LogP contribution in [-0.4, -0.2) is 78.3 Å². The number of likely N-dealkylation sites (N-methyl/N-ethyl adjacent to an activating group) is 1. The summed E-state index contributed by atoms with van der Waals surface area (Å²) in [6.45, 7) is 8.13. The van der Waals surface area contributed by atoms with E-state index in [1.54, 1.807) is 6.33 Å². The average Bonchev–Trinajstić information content (AvgIpc) is 3.60. The number of rotatable bonds is 6. The largest absolute Gasteiger partial charge is 0.383 e. The van der Waals surface area contributed by atoms with Gasteiger partial charge >= 0.3 is 0 Å². The first-order valence-corrected chi connectivity index (χ1v) is 15.1. The molecule has 0 unspecified atom stereocenters. The molecular formula is C31H36ClN9. The molecule has 4 heterocycles. The number of nitrogens with one attached hydrogen (secondary N) is 1. The van der Waals surface area contributed by atoms with Gasteiger partial charge in [-0.05, 0) is 56.0 Å². The number of aromatic amines is 1. The molecule has 0 spiro atoms. The van der Waals surface area contributed by atoms with Gasteiger partial charge in [-0.1, -0.05) is 42.8 Å². The summed E-state index contributed by atoms with van der Waals surface area (Å²) in [6, 6.07) is 15.0. The zero-order chi connectivity index (χ0) is 27.9. The molecular weight excluding hydrogens is 534 g/mol. The first-order valence-electron chi connectivity index (χ1n) is 14.7. The van der Waals surface area contributed by atoms with Gasteiger partial charge in [-0.2, -0.15) is 5.10 Å². The van der Waals surface area contributed by atoms with E-state index in [4.69, 9.17) is 27.4 Å². The Kier molecular flexibility index (Phi) is 7.10. The molecule has 1 saturated heterocycles. The second-order valence-electron chi connectivity index (χ2n) is 11.4. The summed E-state index contributed by atoms with van der Waals surface area (Å²) in [4.78, 5) is 22.5. The molecule has 3 aromatic heterocycles. The molecule has 3 N–H and O–H groups in total. The topological polar surface area (TPSA) is 105 Å². The zero-order valence-electron chi connectivity index (χ0n) is 23.4. The number of hydrogen-bond donors (Lipinski definition) is 2. The van der Waals surface area contributed by atoms with Gasteiger partial charge in [-0.25, -0.2) is 19.6 Å². The highest BCUT2D eigenvalue weighted by molar-refractivity contribution is 6.31. The molecule has 41 heavy (non-hydrogen) atoms. The Morgan fingerprint density at radius 2 is 1.76 bits per heavy atom. The molecule has 1 saturated carbocycles. The predicted molar refractivity (Wildman–Crippen MR) is 164 cm³/mol. The van der Waals surface area contributed by atoms with Crippen LogP contribution >= 0.6 is 11.6 Å². The van der Waals surface area contributed by atoms with Gasteiger partial charge in [0.25, 0.3) is 0 Å². The number of aromatic nitrogens is 6. The molecule has 2 fully saturated rings. The zero-order valence-corrected chi connectivity index (χ0v) is 24.2. The summed E-state index contributed by atoms with van der Waals surface area (Å²) >= 11 is 6.39. The maximum atomic E-state index is 6.45. The summed E-state index contributed by atoms with van der Waals surface area (Å²) in [5.74, 6) is 1.33. The Morgan fingerprint density at radius 3 is 2.54 bits per heavy atom. The van der Waals surface area contributed by atoms with E-state index in [0.717, 1.165) is 69.1 Å². The molecule has 2 aliphatic rings. The highest BCUT2D eigenvalue weighted by Gasteiger charge is 2.31. The lowest BCUT2D eigenvalue weighted by Gasteiger charge is -2.41. The number of fused-ring (bicyclic) bond motifs is 2. The van der Waals surface area contributed by atoms with Gasteiger partial charge in [0.05, 0.1) is 22.5 Å². The van der Waals surface area contributed by atoms with Crippen molar-refractivity contribution in [3.63, 3.8) is 0 Å². The predicted octanol–water partition coefficient (Wildman–Crippen LogP) is 5.32. The minimum absolute atomic E-state index is 0.298. The monoisotopic (exact) mass is 569 g/mol. The lowest BCUT2D eigenvalue weighted by atomic mass is 9.90. The Labute approximate surface area is 244 Å². The summed E-state index contributed by atoms with van der Waals surface area (Å²) < 4.78 is 2.12. The van der Waals surface area contributed by atoms with Crippen LogP contribution in [0.5, 0.6) is 0 Å². The van der Waals surface area contributed by atoms with Crippen molar-refractivity contribution in [2.24, 2.45) is 0 Å². The van der Waals surface area contributed by atoms with Crippen molar-refractivity contribution in [3.8, 4) is 11.3 Å². The quantitative estimate of drug-likeness (QED) is 0.285. The highest BCUT2D eigenvalue weighted by atomic mass is 35.5. The SMILES string of the molecule is CCN1CCN(C2CCC(n3nc(-c4ccc5nc(Cc6ccccc6Cl)[nH]c5c4)c4c(N)ncnc43)CC2)CC1. The number of anilines is 1. The van der Waals surface area contributed by atoms with Crippen molar-refractivity contribution in [1.29, 1.82) is 0 Å². The molecule has 0 amide bonds. The van der Waals surface area contributed by atoms with E-state index in [0.29, 0.717) is 24.3 Å². The third kappa shape index (κ3) is 5.07. The van der Waals surface area contributed by atoms with E-state index in [9.17, 15) is 0 Å². The third-order valence-electron chi connectivity index (χ3n) is 9.02. The van der Waals surface area contributed by atoms with Crippen molar-refractivity contribution in [3.05, 3.63) is 65.2 Å². The molecule has 0 radical (unpaired) electrons. The van der Waals surface area contributed by atoms with E-state index >= 15 is 0 Å². The summed E-state index contributed by atoms with van der Waals surface area (Å²) in [7, 11) is 0. The molecule has 5 aromatic rings. The average molecular weight is 570 g/mol. The molecule has 0 atom stereocenters. The smallest absolute Gasteiger partial charge is 0.164 e. The van der Waals surface area contributed by atoms with Crippen molar-refractivity contribution in [2.75, 3.05) is 38.5 Å². The molecule has 212 valence electrons. The van der Waals surface area contributed by atoms with Crippen LogP contribution in [0, 0.1) is 0 Å². The number of imidazole rings is 1. The fraction of sp³-hybridized carbons (Fsp3) is 0.419. The third-order valence-corrected chi connectivity index (χ3v) is 9.39. The minimum atomic E-state index is 0.298. The molecule has 10 heteroatoms. The first kappa shape index (κ1) is 26.4. The van der Waals surface area contributed by atoms with Crippen LogP contribution in [0.4, 0.5) is 5.82 Å². The first-order chi connectivity index (χ1) is 20.1. The molecule has 1 aliphatic carbocycles. The lowest BCUT2D eigenvalue weighted by Crippen LogP contribution is -2.51.